The summed E-state index contributed by atoms with van der Waals surface area (Å²) < 4.78 is 0. The lowest BCUT2D eigenvalue weighted by atomic mass is 9.70. The molecule has 1 heterocycles. The van der Waals surface area contributed by atoms with E-state index in [0.29, 0.717) is 0 Å². The van der Waals surface area contributed by atoms with Gasteiger partial charge in [0.15, 0.2) is 0 Å². The molecule has 1 heteroatoms. The topological polar surface area (TPSA) is 3.24 Å². The minimum Gasteiger partial charge on any atom is -0.354 e. The fourth-order valence-electron chi connectivity index (χ4n) is 4.02. The molecule has 2 radical (unpaired) electrons. The van der Waals surface area contributed by atoms with Gasteiger partial charge < -0.3 is 4.90 Å². The third kappa shape index (κ3) is 2.97. The Morgan fingerprint density at radius 3 is 2.04 bits per heavy atom. The van der Waals surface area contributed by atoms with Gasteiger partial charge in [0.25, 0.3) is 0 Å². The summed E-state index contributed by atoms with van der Waals surface area (Å²) in [6.45, 7) is 17.5. The Bertz CT molecular complexity index is 706. The van der Waals surface area contributed by atoms with Crippen molar-refractivity contribution in [3.8, 4) is 0 Å². The molecule has 1 atom stereocenters. The highest BCUT2D eigenvalue weighted by atomic mass is 15.2. The van der Waals surface area contributed by atoms with Crippen LogP contribution in [0.15, 0.2) is 42.5 Å². The van der Waals surface area contributed by atoms with Crippen LogP contribution in [0.3, 0.4) is 0 Å². The smallest absolute Gasteiger partial charge is 0.103 e. The zero-order valence-electron chi connectivity index (χ0n) is 15.9. The van der Waals surface area contributed by atoms with Crippen molar-refractivity contribution in [1.29, 1.82) is 0 Å². The highest BCUT2D eigenvalue weighted by molar-refractivity contribution is 5.64. The van der Waals surface area contributed by atoms with Gasteiger partial charge in [0.05, 0.1) is 0 Å². The van der Waals surface area contributed by atoms with E-state index in [1.165, 1.54) is 27.9 Å². The number of hydrogen-bond donors (Lipinski definition) is 0. The van der Waals surface area contributed by atoms with Crippen LogP contribution in [0.25, 0.3) is 0 Å². The van der Waals surface area contributed by atoms with Gasteiger partial charge in [0.1, 0.15) is 6.54 Å². The SMILES string of the molecule is Cc1cc(C)c(N2[C]C(C)(c3ccccc3)CCC2(C)C)c(C)c1. The number of hydrogen-bond acceptors (Lipinski definition) is 1. The van der Waals surface area contributed by atoms with Crippen LogP contribution < -0.4 is 4.90 Å². The molecule has 2 aromatic rings. The van der Waals surface area contributed by atoms with Crippen molar-refractivity contribution in [3.63, 3.8) is 0 Å². The number of piperidine rings is 1. The molecular formula is C23H29N. The van der Waals surface area contributed by atoms with Crippen molar-refractivity contribution < 1.29 is 0 Å². The van der Waals surface area contributed by atoms with Crippen LogP contribution in [-0.4, -0.2) is 5.54 Å². The molecule has 126 valence electrons. The zero-order chi connectivity index (χ0) is 17.5. The first-order chi connectivity index (χ1) is 11.2. The van der Waals surface area contributed by atoms with Gasteiger partial charge in [-0.25, -0.2) is 0 Å². The van der Waals surface area contributed by atoms with Gasteiger partial charge in [0.2, 0.25) is 0 Å². The van der Waals surface area contributed by atoms with Crippen molar-refractivity contribution in [2.75, 3.05) is 4.90 Å². The molecule has 0 bridgehead atoms. The number of benzene rings is 2. The summed E-state index contributed by atoms with van der Waals surface area (Å²) in [5.41, 5.74) is 6.73. The van der Waals surface area contributed by atoms with Crippen LogP contribution in [0.4, 0.5) is 5.69 Å². The minimum atomic E-state index is -0.0411. The first kappa shape index (κ1) is 17.1. The predicted octanol–water partition coefficient (Wildman–Crippen LogP) is 5.99. The summed E-state index contributed by atoms with van der Waals surface area (Å²) in [5.74, 6) is 0. The van der Waals surface area contributed by atoms with Crippen molar-refractivity contribution in [2.45, 2.75) is 65.3 Å². The Labute approximate surface area is 147 Å². The summed E-state index contributed by atoms with van der Waals surface area (Å²) in [5, 5.41) is 0. The fourth-order valence-corrected chi connectivity index (χ4v) is 4.02. The molecular weight excluding hydrogens is 290 g/mol. The number of rotatable bonds is 2. The standard InChI is InChI=1S/C23H29N/c1-17-14-18(2)21(19(3)15-17)24-16-23(6,13-12-22(24,4)5)20-10-8-7-9-11-20/h7-11,14-15H,12-13H2,1-6H3. The van der Waals surface area contributed by atoms with Gasteiger partial charge in [-0.05, 0) is 64.2 Å². The van der Waals surface area contributed by atoms with E-state index in [1.54, 1.807) is 0 Å². The number of aryl methyl sites for hydroxylation is 3. The third-order valence-corrected chi connectivity index (χ3v) is 5.47. The summed E-state index contributed by atoms with van der Waals surface area (Å²) in [4.78, 5) is 2.42. The first-order valence-electron chi connectivity index (χ1n) is 8.94. The maximum atomic E-state index is 3.89. The average Bonchev–Trinajstić information content (AvgIpc) is 2.51. The monoisotopic (exact) mass is 319 g/mol. The van der Waals surface area contributed by atoms with Crippen molar-refractivity contribution in [1.82, 2.24) is 0 Å². The lowest BCUT2D eigenvalue weighted by molar-refractivity contribution is 0.304. The van der Waals surface area contributed by atoms with Gasteiger partial charge in [0, 0.05) is 16.6 Å². The third-order valence-electron chi connectivity index (χ3n) is 5.47. The molecule has 0 aromatic heterocycles. The van der Waals surface area contributed by atoms with Gasteiger partial charge in [-0.3, -0.25) is 0 Å². The van der Waals surface area contributed by atoms with E-state index in [2.05, 4.69) is 95.5 Å². The summed E-state index contributed by atoms with van der Waals surface area (Å²) >= 11 is 0. The van der Waals surface area contributed by atoms with E-state index in [1.807, 2.05) is 0 Å². The first-order valence-corrected chi connectivity index (χ1v) is 8.94. The van der Waals surface area contributed by atoms with Gasteiger partial charge in [-0.2, -0.15) is 0 Å². The van der Waals surface area contributed by atoms with E-state index < -0.39 is 0 Å². The van der Waals surface area contributed by atoms with Crippen molar-refractivity contribution in [2.24, 2.45) is 0 Å². The molecule has 2 aromatic carbocycles. The second-order valence-electron chi connectivity index (χ2n) is 8.21. The summed E-state index contributed by atoms with van der Waals surface area (Å²) in [6.07, 6.45) is 2.28. The Morgan fingerprint density at radius 2 is 1.46 bits per heavy atom. The van der Waals surface area contributed by atoms with Crippen LogP contribution in [-0.2, 0) is 5.41 Å². The molecule has 0 saturated carbocycles. The molecule has 1 saturated heterocycles. The maximum absolute atomic E-state index is 3.89. The molecule has 1 nitrogen and oxygen atoms in total. The molecule has 1 aliphatic heterocycles. The van der Waals surface area contributed by atoms with Crippen molar-refractivity contribution >= 4 is 5.69 Å². The van der Waals surface area contributed by atoms with Gasteiger partial charge >= 0.3 is 0 Å². The Balaban J connectivity index is 2.05. The van der Waals surface area contributed by atoms with Crippen LogP contribution in [0.5, 0.6) is 0 Å². The molecule has 1 fully saturated rings. The van der Waals surface area contributed by atoms with Crippen LogP contribution in [0.2, 0.25) is 0 Å². The van der Waals surface area contributed by atoms with Gasteiger partial charge in [-0.1, -0.05) is 55.0 Å². The minimum absolute atomic E-state index is 0.0411. The second-order valence-corrected chi connectivity index (χ2v) is 8.21. The molecule has 3 rings (SSSR count). The Hall–Kier alpha value is -1.76. The summed E-state index contributed by atoms with van der Waals surface area (Å²) in [6, 6.07) is 15.4. The Morgan fingerprint density at radius 1 is 0.875 bits per heavy atom. The lowest BCUT2D eigenvalue weighted by Crippen LogP contribution is -2.52. The molecule has 1 aliphatic rings. The van der Waals surface area contributed by atoms with E-state index in [0.717, 1.165) is 12.8 Å². The molecule has 0 N–H and O–H groups in total. The van der Waals surface area contributed by atoms with Crippen LogP contribution in [0, 0.1) is 27.3 Å². The highest BCUT2D eigenvalue weighted by Crippen LogP contribution is 2.46. The quantitative estimate of drug-likeness (QED) is 0.657. The van der Waals surface area contributed by atoms with Crippen LogP contribution in [0.1, 0.15) is 55.9 Å². The Kier molecular flexibility index (Phi) is 4.23. The predicted molar refractivity (Wildman–Crippen MR) is 103 cm³/mol. The lowest BCUT2D eigenvalue weighted by Gasteiger charge is -2.51. The van der Waals surface area contributed by atoms with E-state index in [9.17, 15) is 0 Å². The molecule has 0 amide bonds. The average molecular weight is 319 g/mol. The van der Waals surface area contributed by atoms with Gasteiger partial charge in [-0.15, -0.1) is 0 Å². The molecule has 0 spiro atoms. The fraction of sp³-hybridized carbons (Fsp3) is 0.435. The zero-order valence-corrected chi connectivity index (χ0v) is 15.9. The van der Waals surface area contributed by atoms with E-state index in [4.69, 9.17) is 0 Å². The van der Waals surface area contributed by atoms with E-state index in [-0.39, 0.29) is 11.0 Å². The highest BCUT2D eigenvalue weighted by Gasteiger charge is 2.43. The molecule has 1 unspecified atom stereocenters. The molecule has 0 aliphatic carbocycles. The summed E-state index contributed by atoms with van der Waals surface area (Å²) in [7, 11) is 0. The van der Waals surface area contributed by atoms with E-state index >= 15 is 0 Å². The van der Waals surface area contributed by atoms with Crippen molar-refractivity contribution in [3.05, 3.63) is 71.3 Å². The largest absolute Gasteiger partial charge is 0.354 e. The normalized spacial score (nSPS) is 23.3. The maximum Gasteiger partial charge on any atom is 0.103 e. The number of anilines is 1. The van der Waals surface area contributed by atoms with Crippen LogP contribution >= 0.6 is 0 Å². The molecule has 24 heavy (non-hydrogen) atoms. The number of nitrogens with zero attached hydrogens (tertiary/aromatic N) is 1. The second kappa shape index (κ2) is 5.95.